The molecule has 2 aromatic carbocycles. The molecule has 0 aromatic heterocycles. The van der Waals surface area contributed by atoms with Gasteiger partial charge in [-0.1, -0.05) is 18.2 Å². The fraction of sp³-hybridized carbons (Fsp3) is 0.381. The van der Waals surface area contributed by atoms with E-state index in [1.165, 1.54) is 10.4 Å². The van der Waals surface area contributed by atoms with Crippen LogP contribution in [0.25, 0.3) is 0 Å². The molecular formula is C21H26N2O6S. The molecule has 30 heavy (non-hydrogen) atoms. The number of para-hydroxylation sites is 1. The van der Waals surface area contributed by atoms with E-state index in [0.29, 0.717) is 62.1 Å². The minimum absolute atomic E-state index is 0.173. The van der Waals surface area contributed by atoms with Crippen molar-refractivity contribution in [3.8, 4) is 5.75 Å². The maximum absolute atomic E-state index is 13.0. The van der Waals surface area contributed by atoms with Crippen molar-refractivity contribution in [1.82, 2.24) is 4.31 Å². The van der Waals surface area contributed by atoms with Crippen molar-refractivity contribution in [2.75, 3.05) is 51.9 Å². The zero-order valence-corrected chi connectivity index (χ0v) is 17.9. The Bertz CT molecular complexity index is 987. The van der Waals surface area contributed by atoms with Gasteiger partial charge in [-0.05, 0) is 36.8 Å². The number of aryl methyl sites for hydroxylation is 1. The van der Waals surface area contributed by atoms with E-state index < -0.39 is 10.0 Å². The summed E-state index contributed by atoms with van der Waals surface area (Å²) >= 11 is 0. The van der Waals surface area contributed by atoms with Gasteiger partial charge in [-0.3, -0.25) is 4.79 Å². The normalized spacial score (nSPS) is 15.0. The number of methoxy groups -OCH3 is 1. The highest BCUT2D eigenvalue weighted by molar-refractivity contribution is 7.89. The first kappa shape index (κ1) is 22.2. The zero-order valence-electron chi connectivity index (χ0n) is 17.1. The van der Waals surface area contributed by atoms with E-state index in [2.05, 4.69) is 5.32 Å². The van der Waals surface area contributed by atoms with E-state index in [0.717, 1.165) is 0 Å². The zero-order chi connectivity index (χ0) is 21.6. The van der Waals surface area contributed by atoms with Crippen LogP contribution in [0.1, 0.15) is 15.9 Å². The summed E-state index contributed by atoms with van der Waals surface area (Å²) in [7, 11) is -2.10. The maximum atomic E-state index is 13.0. The largest absolute Gasteiger partial charge is 0.490 e. The van der Waals surface area contributed by atoms with Gasteiger partial charge in [0.15, 0.2) is 0 Å². The molecule has 1 aliphatic rings. The van der Waals surface area contributed by atoms with Crippen molar-refractivity contribution in [3.05, 3.63) is 53.6 Å². The third-order valence-corrected chi connectivity index (χ3v) is 6.75. The van der Waals surface area contributed by atoms with E-state index >= 15 is 0 Å². The van der Waals surface area contributed by atoms with Crippen LogP contribution in [-0.4, -0.2) is 65.3 Å². The molecule has 0 bridgehead atoms. The molecule has 0 aliphatic carbocycles. The minimum atomic E-state index is -3.68. The highest BCUT2D eigenvalue weighted by atomic mass is 32.2. The molecule has 1 heterocycles. The number of ether oxygens (including phenoxy) is 3. The molecule has 1 saturated heterocycles. The Balaban J connectivity index is 1.81. The van der Waals surface area contributed by atoms with Crippen molar-refractivity contribution >= 4 is 21.6 Å². The highest BCUT2D eigenvalue weighted by Crippen LogP contribution is 2.26. The highest BCUT2D eigenvalue weighted by Gasteiger charge is 2.28. The van der Waals surface area contributed by atoms with Gasteiger partial charge < -0.3 is 19.5 Å². The number of morpholine rings is 1. The smallest absolute Gasteiger partial charge is 0.259 e. The van der Waals surface area contributed by atoms with Crippen LogP contribution >= 0.6 is 0 Å². The molecule has 1 aliphatic heterocycles. The summed E-state index contributed by atoms with van der Waals surface area (Å²) in [5, 5.41) is 2.77. The molecule has 1 N–H and O–H groups in total. The summed E-state index contributed by atoms with van der Waals surface area (Å²) in [6, 6.07) is 11.7. The average Bonchev–Trinajstić information content (AvgIpc) is 2.76. The molecule has 162 valence electrons. The van der Waals surface area contributed by atoms with E-state index in [9.17, 15) is 13.2 Å². The number of nitrogens with one attached hydrogen (secondary N) is 1. The molecule has 8 nitrogen and oxygen atoms in total. The Morgan fingerprint density at radius 3 is 2.60 bits per heavy atom. The van der Waals surface area contributed by atoms with E-state index in [1.54, 1.807) is 50.4 Å². The summed E-state index contributed by atoms with van der Waals surface area (Å²) < 4.78 is 43.3. The Kier molecular flexibility index (Phi) is 7.43. The second-order valence-corrected chi connectivity index (χ2v) is 8.69. The Labute approximate surface area is 176 Å². The summed E-state index contributed by atoms with van der Waals surface area (Å²) in [6.07, 6.45) is 0. The van der Waals surface area contributed by atoms with Gasteiger partial charge in [-0.15, -0.1) is 0 Å². The first-order chi connectivity index (χ1) is 14.4. The minimum Gasteiger partial charge on any atom is -0.490 e. The average molecular weight is 435 g/mol. The quantitative estimate of drug-likeness (QED) is 0.641. The van der Waals surface area contributed by atoms with Crippen molar-refractivity contribution in [2.24, 2.45) is 0 Å². The number of rotatable bonds is 8. The number of benzene rings is 2. The van der Waals surface area contributed by atoms with Crippen LogP contribution in [-0.2, 0) is 19.5 Å². The molecular weight excluding hydrogens is 408 g/mol. The Morgan fingerprint density at radius 1 is 1.13 bits per heavy atom. The predicted molar refractivity (Wildman–Crippen MR) is 113 cm³/mol. The van der Waals surface area contributed by atoms with Crippen molar-refractivity contribution in [1.29, 1.82) is 0 Å². The van der Waals surface area contributed by atoms with Crippen LogP contribution in [0.15, 0.2) is 47.4 Å². The SMILES string of the molecule is COCCOc1ccccc1C(=O)Nc1ccc(C)c(S(=O)(=O)N2CCOCC2)c1. The van der Waals surface area contributed by atoms with Gasteiger partial charge in [0.1, 0.15) is 12.4 Å². The molecule has 0 unspecified atom stereocenters. The van der Waals surface area contributed by atoms with E-state index in [1.807, 2.05) is 0 Å². The molecule has 1 fully saturated rings. The molecule has 0 radical (unpaired) electrons. The number of sulfonamides is 1. The lowest BCUT2D eigenvalue weighted by Crippen LogP contribution is -2.40. The Hall–Kier alpha value is -2.46. The second kappa shape index (κ2) is 10.0. The molecule has 0 saturated carbocycles. The van der Waals surface area contributed by atoms with Gasteiger partial charge in [0, 0.05) is 25.9 Å². The van der Waals surface area contributed by atoms with Crippen LogP contribution in [0, 0.1) is 6.92 Å². The fourth-order valence-electron chi connectivity index (χ4n) is 3.10. The number of nitrogens with zero attached hydrogens (tertiary/aromatic N) is 1. The lowest BCUT2D eigenvalue weighted by atomic mass is 10.1. The summed E-state index contributed by atoms with van der Waals surface area (Å²) in [4.78, 5) is 13.0. The molecule has 3 rings (SSSR count). The Morgan fingerprint density at radius 2 is 1.87 bits per heavy atom. The van der Waals surface area contributed by atoms with Crippen LogP contribution in [0.3, 0.4) is 0 Å². The first-order valence-corrected chi connectivity index (χ1v) is 11.1. The number of hydrogen-bond acceptors (Lipinski definition) is 6. The van der Waals surface area contributed by atoms with Crippen molar-refractivity contribution in [2.45, 2.75) is 11.8 Å². The van der Waals surface area contributed by atoms with Gasteiger partial charge in [0.25, 0.3) is 5.91 Å². The number of carbonyl (C=O) groups is 1. The molecule has 2 aromatic rings. The van der Waals surface area contributed by atoms with Crippen LogP contribution in [0.5, 0.6) is 5.75 Å². The predicted octanol–water partition coefficient (Wildman–Crippen LogP) is 2.29. The number of hydrogen-bond donors (Lipinski definition) is 1. The first-order valence-electron chi connectivity index (χ1n) is 9.64. The van der Waals surface area contributed by atoms with Gasteiger partial charge in [0.2, 0.25) is 10.0 Å². The van der Waals surface area contributed by atoms with E-state index in [-0.39, 0.29) is 10.8 Å². The van der Waals surface area contributed by atoms with Crippen LogP contribution < -0.4 is 10.1 Å². The van der Waals surface area contributed by atoms with Gasteiger partial charge >= 0.3 is 0 Å². The molecule has 1 amide bonds. The maximum Gasteiger partial charge on any atom is 0.259 e. The monoisotopic (exact) mass is 434 g/mol. The summed E-state index contributed by atoms with van der Waals surface area (Å²) in [5.41, 5.74) is 1.36. The lowest BCUT2D eigenvalue weighted by Gasteiger charge is -2.26. The lowest BCUT2D eigenvalue weighted by molar-refractivity contribution is 0.0730. The third-order valence-electron chi connectivity index (χ3n) is 4.71. The topological polar surface area (TPSA) is 94.2 Å². The summed E-state index contributed by atoms with van der Waals surface area (Å²) in [6.45, 7) is 3.81. The van der Waals surface area contributed by atoms with Crippen LogP contribution in [0.4, 0.5) is 5.69 Å². The molecule has 9 heteroatoms. The van der Waals surface area contributed by atoms with Gasteiger partial charge in [-0.25, -0.2) is 8.42 Å². The standard InChI is InChI=1S/C21H26N2O6S/c1-16-7-8-17(15-20(16)30(25,26)23-9-11-28-12-10-23)22-21(24)18-5-3-4-6-19(18)29-14-13-27-2/h3-8,15H,9-14H2,1-2H3,(H,22,24). The van der Waals surface area contributed by atoms with Gasteiger partial charge in [0.05, 0.1) is 30.3 Å². The third kappa shape index (κ3) is 5.17. The van der Waals surface area contributed by atoms with Crippen LogP contribution in [0.2, 0.25) is 0 Å². The number of amides is 1. The molecule has 0 spiro atoms. The van der Waals surface area contributed by atoms with Gasteiger partial charge in [-0.2, -0.15) is 4.31 Å². The number of carbonyl (C=O) groups excluding carboxylic acids is 1. The fourth-order valence-corrected chi connectivity index (χ4v) is 4.75. The number of anilines is 1. The van der Waals surface area contributed by atoms with E-state index in [4.69, 9.17) is 14.2 Å². The summed E-state index contributed by atoms with van der Waals surface area (Å²) in [5.74, 6) is 0.0434. The second-order valence-electron chi connectivity index (χ2n) is 6.79. The molecule has 0 atom stereocenters. The van der Waals surface area contributed by atoms with Crippen molar-refractivity contribution < 1.29 is 27.4 Å². The van der Waals surface area contributed by atoms with Crippen molar-refractivity contribution in [3.63, 3.8) is 0 Å².